The lowest BCUT2D eigenvalue weighted by molar-refractivity contribution is -0.121. The Bertz CT molecular complexity index is 1110. The van der Waals surface area contributed by atoms with E-state index in [0.29, 0.717) is 28.9 Å². The molecule has 3 rings (SSSR count). The van der Waals surface area contributed by atoms with E-state index in [-0.39, 0.29) is 24.4 Å². The summed E-state index contributed by atoms with van der Waals surface area (Å²) >= 11 is 9.38. The van der Waals surface area contributed by atoms with Gasteiger partial charge >= 0.3 is 5.69 Å². The van der Waals surface area contributed by atoms with Crippen LogP contribution in [0.25, 0.3) is 10.9 Å². The van der Waals surface area contributed by atoms with Crippen molar-refractivity contribution in [3.05, 3.63) is 78.4 Å². The highest BCUT2D eigenvalue weighted by Gasteiger charge is 2.09. The molecule has 1 aromatic heterocycles. The van der Waals surface area contributed by atoms with E-state index in [4.69, 9.17) is 11.6 Å². The smallest absolute Gasteiger partial charge is 0.328 e. The second-order valence-electron chi connectivity index (χ2n) is 6.05. The van der Waals surface area contributed by atoms with Gasteiger partial charge in [-0.2, -0.15) is 0 Å². The second-order valence-corrected chi connectivity index (χ2v) is 7.37. The van der Waals surface area contributed by atoms with Gasteiger partial charge in [-0.3, -0.25) is 14.2 Å². The van der Waals surface area contributed by atoms with Gasteiger partial charge in [0.25, 0.3) is 5.56 Å². The zero-order valence-electron chi connectivity index (χ0n) is 14.3. The molecule has 0 aliphatic heterocycles. The topological polar surface area (TPSA) is 84.0 Å². The van der Waals surface area contributed by atoms with Gasteiger partial charge in [-0.25, -0.2) is 4.79 Å². The van der Waals surface area contributed by atoms with Gasteiger partial charge in [0.05, 0.1) is 10.9 Å². The highest BCUT2D eigenvalue weighted by molar-refractivity contribution is 9.10. The number of benzene rings is 2. The van der Waals surface area contributed by atoms with E-state index < -0.39 is 5.69 Å². The van der Waals surface area contributed by atoms with Crippen LogP contribution in [-0.2, 0) is 17.9 Å². The van der Waals surface area contributed by atoms with Crippen molar-refractivity contribution in [2.75, 3.05) is 0 Å². The van der Waals surface area contributed by atoms with E-state index in [0.717, 1.165) is 14.6 Å². The molecular weight excluding hydrogens is 434 g/mol. The van der Waals surface area contributed by atoms with Crippen molar-refractivity contribution in [2.45, 2.75) is 25.9 Å². The summed E-state index contributed by atoms with van der Waals surface area (Å²) in [5.74, 6) is -0.164. The fraction of sp³-hybridized carbons (Fsp3) is 0.211. The fourth-order valence-corrected chi connectivity index (χ4v) is 3.31. The summed E-state index contributed by atoms with van der Waals surface area (Å²) in [6.45, 7) is 0.499. The maximum atomic E-state index is 12.5. The molecule has 0 radical (unpaired) electrons. The summed E-state index contributed by atoms with van der Waals surface area (Å²) in [5.41, 5.74) is 0.472. The number of fused-ring (bicyclic) bond motifs is 1. The Balaban J connectivity index is 1.62. The van der Waals surface area contributed by atoms with Crippen LogP contribution >= 0.6 is 27.5 Å². The van der Waals surface area contributed by atoms with Crippen LogP contribution < -0.4 is 16.6 Å². The van der Waals surface area contributed by atoms with Gasteiger partial charge in [-0.05, 0) is 36.2 Å². The van der Waals surface area contributed by atoms with Crippen molar-refractivity contribution in [3.63, 3.8) is 0 Å². The summed E-state index contributed by atoms with van der Waals surface area (Å²) < 4.78 is 1.88. The number of carbonyl (C=O) groups excluding carboxylic acids is 1. The average Bonchev–Trinajstić information content (AvgIpc) is 2.64. The van der Waals surface area contributed by atoms with Crippen LogP contribution in [0.2, 0.25) is 5.02 Å². The molecule has 0 aliphatic carbocycles. The highest BCUT2D eigenvalue weighted by atomic mass is 79.9. The van der Waals surface area contributed by atoms with E-state index in [9.17, 15) is 14.4 Å². The lowest BCUT2D eigenvalue weighted by atomic mass is 10.2. The first kappa shape index (κ1) is 19.4. The van der Waals surface area contributed by atoms with Crippen molar-refractivity contribution < 1.29 is 4.79 Å². The number of carbonyl (C=O) groups is 1. The van der Waals surface area contributed by atoms with Crippen molar-refractivity contribution in [1.82, 2.24) is 14.9 Å². The van der Waals surface area contributed by atoms with Crippen molar-refractivity contribution in [3.8, 4) is 0 Å². The first-order chi connectivity index (χ1) is 13.0. The minimum absolute atomic E-state index is 0.163. The molecule has 0 unspecified atom stereocenters. The van der Waals surface area contributed by atoms with Crippen molar-refractivity contribution in [1.29, 1.82) is 0 Å². The van der Waals surface area contributed by atoms with E-state index in [2.05, 4.69) is 26.2 Å². The molecule has 8 heteroatoms. The SMILES string of the molecule is O=C(CCCn1c(=O)[nH]c2ccc(Br)cc2c1=O)NCc1ccccc1Cl. The molecule has 0 atom stereocenters. The Morgan fingerprint density at radius 1 is 1.19 bits per heavy atom. The third-order valence-corrected chi connectivity index (χ3v) is 5.03. The third-order valence-electron chi connectivity index (χ3n) is 4.16. The number of nitrogens with one attached hydrogen (secondary N) is 2. The molecule has 0 aliphatic rings. The Morgan fingerprint density at radius 3 is 2.74 bits per heavy atom. The normalized spacial score (nSPS) is 10.9. The third kappa shape index (κ3) is 4.67. The molecular formula is C19H17BrClN3O3. The molecule has 0 saturated carbocycles. The zero-order valence-corrected chi connectivity index (χ0v) is 16.6. The molecule has 2 aromatic carbocycles. The van der Waals surface area contributed by atoms with Crippen LogP contribution in [-0.4, -0.2) is 15.5 Å². The molecule has 2 N–H and O–H groups in total. The van der Waals surface area contributed by atoms with Crippen LogP contribution in [0.5, 0.6) is 0 Å². The Kier molecular flexibility index (Phi) is 6.13. The van der Waals surface area contributed by atoms with E-state index in [1.807, 2.05) is 18.2 Å². The highest BCUT2D eigenvalue weighted by Crippen LogP contribution is 2.15. The van der Waals surface area contributed by atoms with E-state index in [1.54, 1.807) is 24.3 Å². The predicted octanol–water partition coefficient (Wildman–Crippen LogP) is 3.20. The molecule has 140 valence electrons. The van der Waals surface area contributed by atoms with Crippen molar-refractivity contribution >= 4 is 44.3 Å². The first-order valence-corrected chi connectivity index (χ1v) is 9.55. The van der Waals surface area contributed by atoms with Gasteiger partial charge in [0.2, 0.25) is 5.91 Å². The summed E-state index contributed by atoms with van der Waals surface area (Å²) in [4.78, 5) is 39.4. The Morgan fingerprint density at radius 2 is 1.96 bits per heavy atom. The molecule has 0 spiro atoms. The Hall–Kier alpha value is -2.38. The monoisotopic (exact) mass is 449 g/mol. The van der Waals surface area contributed by atoms with Crippen LogP contribution in [0.15, 0.2) is 56.5 Å². The summed E-state index contributed by atoms with van der Waals surface area (Å²) in [6.07, 6.45) is 0.573. The number of aromatic amines is 1. The molecule has 0 fully saturated rings. The number of aromatic nitrogens is 2. The largest absolute Gasteiger partial charge is 0.352 e. The van der Waals surface area contributed by atoms with Crippen LogP contribution in [0.4, 0.5) is 0 Å². The van der Waals surface area contributed by atoms with Gasteiger partial charge in [0.1, 0.15) is 0 Å². The number of hydrogen-bond donors (Lipinski definition) is 2. The molecule has 0 bridgehead atoms. The Labute approximate surface area is 168 Å². The fourth-order valence-electron chi connectivity index (χ4n) is 2.75. The second kappa shape index (κ2) is 8.54. The molecule has 1 heterocycles. The van der Waals surface area contributed by atoms with Gasteiger partial charge in [0.15, 0.2) is 0 Å². The van der Waals surface area contributed by atoms with Gasteiger partial charge in [0, 0.05) is 29.0 Å². The number of hydrogen-bond acceptors (Lipinski definition) is 3. The van der Waals surface area contributed by atoms with Crippen LogP contribution in [0.3, 0.4) is 0 Å². The minimum Gasteiger partial charge on any atom is -0.352 e. The van der Waals surface area contributed by atoms with Crippen molar-refractivity contribution in [2.24, 2.45) is 0 Å². The predicted molar refractivity (Wildman–Crippen MR) is 109 cm³/mol. The summed E-state index contributed by atoms with van der Waals surface area (Å²) in [6, 6.07) is 12.4. The van der Waals surface area contributed by atoms with Crippen LogP contribution in [0, 0.1) is 0 Å². The van der Waals surface area contributed by atoms with E-state index in [1.165, 1.54) is 0 Å². The summed E-state index contributed by atoms with van der Waals surface area (Å²) in [5, 5.41) is 3.81. The minimum atomic E-state index is -0.480. The quantitative estimate of drug-likeness (QED) is 0.605. The number of amides is 1. The number of halogens is 2. The number of H-pyrrole nitrogens is 1. The molecule has 3 aromatic rings. The van der Waals surface area contributed by atoms with Gasteiger partial charge < -0.3 is 10.3 Å². The molecule has 1 amide bonds. The zero-order chi connectivity index (χ0) is 19.4. The van der Waals surface area contributed by atoms with E-state index >= 15 is 0 Å². The lowest BCUT2D eigenvalue weighted by Crippen LogP contribution is -2.35. The molecule has 6 nitrogen and oxygen atoms in total. The first-order valence-electron chi connectivity index (χ1n) is 8.38. The summed E-state index contributed by atoms with van der Waals surface area (Å²) in [7, 11) is 0. The average molecular weight is 451 g/mol. The maximum absolute atomic E-state index is 12.5. The van der Waals surface area contributed by atoms with Crippen LogP contribution in [0.1, 0.15) is 18.4 Å². The number of rotatable bonds is 6. The lowest BCUT2D eigenvalue weighted by Gasteiger charge is -2.08. The molecule has 27 heavy (non-hydrogen) atoms. The molecule has 0 saturated heterocycles. The number of nitrogens with zero attached hydrogens (tertiary/aromatic N) is 1. The van der Waals surface area contributed by atoms with Gasteiger partial charge in [-0.1, -0.05) is 45.7 Å². The standard InChI is InChI=1S/C19H17BrClN3O3/c20-13-7-8-16-14(10-13)18(26)24(19(27)23-16)9-3-6-17(25)22-11-12-4-1-2-5-15(12)21/h1-2,4-5,7-8,10H,3,6,9,11H2,(H,22,25)(H,23,27). The van der Waals surface area contributed by atoms with Gasteiger partial charge in [-0.15, -0.1) is 0 Å². The maximum Gasteiger partial charge on any atom is 0.328 e.